The number of anilines is 1. The van der Waals surface area contributed by atoms with E-state index in [-0.39, 0.29) is 17.3 Å². The fourth-order valence-corrected chi connectivity index (χ4v) is 3.44. The van der Waals surface area contributed by atoms with Crippen LogP contribution in [0.5, 0.6) is 0 Å². The van der Waals surface area contributed by atoms with Crippen LogP contribution in [-0.2, 0) is 0 Å². The molecule has 0 bridgehead atoms. The Morgan fingerprint density at radius 1 is 1.03 bits per heavy atom. The Morgan fingerprint density at radius 3 is 2.41 bits per heavy atom. The van der Waals surface area contributed by atoms with Gasteiger partial charge in [-0.15, -0.1) is 0 Å². The monoisotopic (exact) mass is 393 g/mol. The molecule has 0 radical (unpaired) electrons. The van der Waals surface area contributed by atoms with Crippen molar-refractivity contribution in [2.24, 2.45) is 0 Å². The van der Waals surface area contributed by atoms with Crippen molar-refractivity contribution in [1.29, 1.82) is 0 Å². The second-order valence-corrected chi connectivity index (χ2v) is 6.87. The lowest BCUT2D eigenvalue weighted by atomic mass is 10.1. The third-order valence-electron chi connectivity index (χ3n) is 5.06. The van der Waals surface area contributed by atoms with Crippen LogP contribution in [-0.4, -0.2) is 51.5 Å². The summed E-state index contributed by atoms with van der Waals surface area (Å²) in [6, 6.07) is 7.33. The van der Waals surface area contributed by atoms with Crippen molar-refractivity contribution >= 4 is 11.7 Å². The fraction of sp³-hybridized carbons (Fsp3) is 0.238. The molecule has 0 unspecified atom stereocenters. The van der Waals surface area contributed by atoms with Crippen molar-refractivity contribution in [3.8, 4) is 5.69 Å². The Labute approximate surface area is 167 Å². The first-order valence-electron chi connectivity index (χ1n) is 9.33. The van der Waals surface area contributed by atoms with Gasteiger partial charge >= 0.3 is 0 Å². The molecule has 1 aromatic carbocycles. The van der Waals surface area contributed by atoms with Gasteiger partial charge in [0.2, 0.25) is 0 Å². The molecule has 0 atom stereocenters. The Morgan fingerprint density at radius 2 is 1.76 bits per heavy atom. The molecule has 29 heavy (non-hydrogen) atoms. The average molecular weight is 393 g/mol. The first kappa shape index (κ1) is 18.8. The molecular weight excluding hydrogens is 373 g/mol. The minimum atomic E-state index is -0.405. The highest BCUT2D eigenvalue weighted by Gasteiger charge is 2.26. The van der Waals surface area contributed by atoms with Gasteiger partial charge in [-0.25, -0.2) is 9.37 Å². The highest BCUT2D eigenvalue weighted by atomic mass is 19.1. The molecule has 1 saturated heterocycles. The van der Waals surface area contributed by atoms with E-state index < -0.39 is 5.56 Å². The smallest absolute Gasteiger partial charge is 0.268 e. The molecule has 8 heteroatoms. The summed E-state index contributed by atoms with van der Waals surface area (Å²) in [6.07, 6.45) is 6.56. The number of halogens is 1. The summed E-state index contributed by atoms with van der Waals surface area (Å²) in [5.74, 6) is 0.100. The molecule has 0 N–H and O–H groups in total. The summed E-state index contributed by atoms with van der Waals surface area (Å²) in [7, 11) is 0. The van der Waals surface area contributed by atoms with Gasteiger partial charge in [-0.3, -0.25) is 19.1 Å². The van der Waals surface area contributed by atoms with Crippen molar-refractivity contribution in [2.75, 3.05) is 31.1 Å². The van der Waals surface area contributed by atoms with Crippen LogP contribution in [0.25, 0.3) is 5.69 Å². The predicted molar refractivity (Wildman–Crippen MR) is 107 cm³/mol. The van der Waals surface area contributed by atoms with Crippen LogP contribution in [0.3, 0.4) is 0 Å². The molecule has 148 valence electrons. The standard InChI is InChI=1S/C21H20FN5O2/c1-15-6-9-27(17-4-2-16(22)3-5-17)21(29)19(15)20(28)26-12-10-25(11-13-26)18-14-23-7-8-24-18/h2-9,14H,10-13H2,1H3. The van der Waals surface area contributed by atoms with Gasteiger partial charge in [0.25, 0.3) is 11.5 Å². The van der Waals surface area contributed by atoms with Gasteiger partial charge in [0.15, 0.2) is 0 Å². The Hall–Kier alpha value is -3.55. The Kier molecular flexibility index (Phi) is 5.07. The van der Waals surface area contributed by atoms with Gasteiger partial charge < -0.3 is 9.80 Å². The number of benzene rings is 1. The van der Waals surface area contributed by atoms with Crippen molar-refractivity contribution in [3.63, 3.8) is 0 Å². The van der Waals surface area contributed by atoms with Gasteiger partial charge in [-0.2, -0.15) is 0 Å². The molecular formula is C21H20FN5O2. The molecule has 7 nitrogen and oxygen atoms in total. The number of nitrogens with zero attached hydrogens (tertiary/aromatic N) is 5. The van der Waals surface area contributed by atoms with Crippen LogP contribution in [0.15, 0.2) is 59.9 Å². The molecule has 3 heterocycles. The van der Waals surface area contributed by atoms with Crippen molar-refractivity contribution in [2.45, 2.75) is 6.92 Å². The van der Waals surface area contributed by atoms with E-state index in [2.05, 4.69) is 14.9 Å². The van der Waals surface area contributed by atoms with E-state index in [1.807, 2.05) is 0 Å². The maximum atomic E-state index is 13.2. The molecule has 3 aromatic rings. The highest BCUT2D eigenvalue weighted by molar-refractivity contribution is 5.95. The van der Waals surface area contributed by atoms with E-state index in [0.717, 1.165) is 5.82 Å². The summed E-state index contributed by atoms with van der Waals surface area (Å²) >= 11 is 0. The predicted octanol–water partition coefficient (Wildman–Crippen LogP) is 2.04. The lowest BCUT2D eigenvalue weighted by molar-refractivity contribution is 0.0743. The normalized spacial score (nSPS) is 14.1. The Balaban J connectivity index is 1.57. The van der Waals surface area contributed by atoms with Gasteiger partial charge in [-0.05, 0) is 42.8 Å². The zero-order chi connectivity index (χ0) is 20.4. The molecule has 1 amide bonds. The van der Waals surface area contributed by atoms with Crippen LogP contribution in [0.1, 0.15) is 15.9 Å². The average Bonchev–Trinajstić information content (AvgIpc) is 2.75. The third-order valence-corrected chi connectivity index (χ3v) is 5.06. The molecule has 0 saturated carbocycles. The number of pyridine rings is 1. The second-order valence-electron chi connectivity index (χ2n) is 6.87. The van der Waals surface area contributed by atoms with Crippen molar-refractivity contribution in [3.05, 3.63) is 82.4 Å². The number of carbonyl (C=O) groups is 1. The van der Waals surface area contributed by atoms with Gasteiger partial charge in [0.1, 0.15) is 17.2 Å². The van der Waals surface area contributed by atoms with E-state index >= 15 is 0 Å². The summed E-state index contributed by atoms with van der Waals surface area (Å²) in [5, 5.41) is 0. The number of hydrogen-bond acceptors (Lipinski definition) is 5. The second kappa shape index (κ2) is 7.83. The number of amides is 1. The molecule has 1 aliphatic heterocycles. The third kappa shape index (κ3) is 3.73. The number of carbonyl (C=O) groups excluding carboxylic acids is 1. The highest BCUT2D eigenvalue weighted by Crippen LogP contribution is 2.15. The van der Waals surface area contributed by atoms with Crippen LogP contribution < -0.4 is 10.5 Å². The van der Waals surface area contributed by atoms with Crippen LogP contribution >= 0.6 is 0 Å². The number of aromatic nitrogens is 3. The zero-order valence-corrected chi connectivity index (χ0v) is 16.0. The van der Waals surface area contributed by atoms with Gasteiger partial charge in [0, 0.05) is 50.5 Å². The van der Waals surface area contributed by atoms with Crippen LogP contribution in [0.2, 0.25) is 0 Å². The van der Waals surface area contributed by atoms with Gasteiger partial charge in [-0.1, -0.05) is 0 Å². The summed E-state index contributed by atoms with van der Waals surface area (Å²) < 4.78 is 14.6. The minimum absolute atomic E-state index is 0.143. The minimum Gasteiger partial charge on any atom is -0.352 e. The van der Waals surface area contributed by atoms with E-state index in [1.54, 1.807) is 42.7 Å². The molecule has 1 aliphatic rings. The number of hydrogen-bond donors (Lipinski definition) is 0. The van der Waals surface area contributed by atoms with E-state index in [0.29, 0.717) is 37.4 Å². The summed E-state index contributed by atoms with van der Waals surface area (Å²) in [6.45, 7) is 3.95. The zero-order valence-electron chi connectivity index (χ0n) is 16.0. The fourth-order valence-electron chi connectivity index (χ4n) is 3.44. The SMILES string of the molecule is Cc1ccn(-c2ccc(F)cc2)c(=O)c1C(=O)N1CCN(c2cnccn2)CC1. The number of aryl methyl sites for hydroxylation is 1. The maximum Gasteiger partial charge on any atom is 0.268 e. The molecule has 1 fully saturated rings. The number of rotatable bonds is 3. The van der Waals surface area contributed by atoms with Crippen LogP contribution in [0.4, 0.5) is 10.2 Å². The van der Waals surface area contributed by atoms with E-state index in [4.69, 9.17) is 0 Å². The van der Waals surface area contributed by atoms with E-state index in [1.165, 1.54) is 28.8 Å². The quantitative estimate of drug-likeness (QED) is 0.681. The molecule has 2 aromatic heterocycles. The first-order chi connectivity index (χ1) is 14.0. The van der Waals surface area contributed by atoms with E-state index in [9.17, 15) is 14.0 Å². The molecule has 0 aliphatic carbocycles. The molecule has 0 spiro atoms. The lowest BCUT2D eigenvalue weighted by Gasteiger charge is -2.35. The largest absolute Gasteiger partial charge is 0.352 e. The lowest BCUT2D eigenvalue weighted by Crippen LogP contribution is -2.50. The molecule has 4 rings (SSSR count). The first-order valence-corrected chi connectivity index (χ1v) is 9.33. The Bertz CT molecular complexity index is 1070. The van der Waals surface area contributed by atoms with Crippen molar-refractivity contribution in [1.82, 2.24) is 19.4 Å². The van der Waals surface area contributed by atoms with Gasteiger partial charge in [0.05, 0.1) is 6.20 Å². The summed E-state index contributed by atoms with van der Waals surface area (Å²) in [4.78, 5) is 38.3. The van der Waals surface area contributed by atoms with Crippen LogP contribution in [0, 0.1) is 12.7 Å². The maximum absolute atomic E-state index is 13.2. The summed E-state index contributed by atoms with van der Waals surface area (Å²) in [5.41, 5.74) is 0.871. The number of piperazine rings is 1. The van der Waals surface area contributed by atoms with Crippen molar-refractivity contribution < 1.29 is 9.18 Å². The topological polar surface area (TPSA) is 71.3 Å².